The van der Waals surface area contributed by atoms with Crippen molar-refractivity contribution in [3.63, 3.8) is 0 Å². The standard InChI is InChI=1S/C12H19N3OS/c1-12(2,3)10-13-11(17-14-10)15-7-5-4-6-9(15)8-16/h8-9H,4-7H2,1-3H3. The molecule has 0 spiro atoms. The van der Waals surface area contributed by atoms with Gasteiger partial charge in [0.05, 0.1) is 6.04 Å². The molecule has 5 heteroatoms. The van der Waals surface area contributed by atoms with Crippen LogP contribution in [0, 0.1) is 0 Å². The van der Waals surface area contributed by atoms with Gasteiger partial charge < -0.3 is 9.69 Å². The van der Waals surface area contributed by atoms with E-state index in [-0.39, 0.29) is 11.5 Å². The minimum atomic E-state index is -0.0266. The number of hydrogen-bond acceptors (Lipinski definition) is 5. The van der Waals surface area contributed by atoms with Gasteiger partial charge in [0.15, 0.2) is 0 Å². The summed E-state index contributed by atoms with van der Waals surface area (Å²) < 4.78 is 4.40. The SMILES string of the molecule is CC(C)(C)c1nsc(N2CCCCC2C=O)n1. The summed E-state index contributed by atoms with van der Waals surface area (Å²) in [5.74, 6) is 0.868. The Morgan fingerprint density at radius 2 is 2.18 bits per heavy atom. The molecule has 1 aliphatic rings. The summed E-state index contributed by atoms with van der Waals surface area (Å²) in [6.45, 7) is 7.23. The van der Waals surface area contributed by atoms with E-state index in [1.54, 1.807) is 0 Å². The van der Waals surface area contributed by atoms with Gasteiger partial charge in [-0.2, -0.15) is 4.37 Å². The molecule has 0 bridgehead atoms. The maximum absolute atomic E-state index is 11.1. The van der Waals surface area contributed by atoms with E-state index in [0.717, 1.165) is 43.0 Å². The van der Waals surface area contributed by atoms with Crippen molar-refractivity contribution in [2.24, 2.45) is 0 Å². The predicted molar refractivity (Wildman–Crippen MR) is 69.7 cm³/mol. The summed E-state index contributed by atoms with van der Waals surface area (Å²) in [4.78, 5) is 17.7. The molecule has 4 nitrogen and oxygen atoms in total. The Hall–Kier alpha value is -0.970. The average Bonchev–Trinajstić information content (AvgIpc) is 2.77. The zero-order chi connectivity index (χ0) is 12.5. The van der Waals surface area contributed by atoms with Crippen LogP contribution in [0.2, 0.25) is 0 Å². The molecule has 0 amide bonds. The molecule has 1 aliphatic heterocycles. The Morgan fingerprint density at radius 3 is 2.76 bits per heavy atom. The predicted octanol–water partition coefficient (Wildman–Crippen LogP) is 2.39. The molecule has 94 valence electrons. The molecule has 0 N–H and O–H groups in total. The highest BCUT2D eigenvalue weighted by Crippen LogP contribution is 2.29. The Bertz CT molecular complexity index is 397. The van der Waals surface area contributed by atoms with Crippen LogP contribution in [0.25, 0.3) is 0 Å². The number of carbonyl (C=O) groups is 1. The number of aldehydes is 1. The molecular weight excluding hydrogens is 234 g/mol. The average molecular weight is 253 g/mol. The van der Waals surface area contributed by atoms with Crippen LogP contribution in [0.4, 0.5) is 5.13 Å². The van der Waals surface area contributed by atoms with Gasteiger partial charge in [0.25, 0.3) is 0 Å². The van der Waals surface area contributed by atoms with Crippen molar-refractivity contribution in [2.75, 3.05) is 11.4 Å². The summed E-state index contributed by atoms with van der Waals surface area (Å²) in [5, 5.41) is 0.895. The van der Waals surface area contributed by atoms with Gasteiger partial charge in [-0.05, 0) is 19.3 Å². The molecule has 0 aliphatic carbocycles. The number of piperidine rings is 1. The summed E-state index contributed by atoms with van der Waals surface area (Å²) in [6, 6.07) is -0.00971. The van der Waals surface area contributed by atoms with Crippen molar-refractivity contribution in [3.05, 3.63) is 5.82 Å². The largest absolute Gasteiger partial charge is 0.337 e. The highest BCUT2D eigenvalue weighted by molar-refractivity contribution is 7.09. The molecule has 0 aromatic carbocycles. The number of rotatable bonds is 2. The smallest absolute Gasteiger partial charge is 0.205 e. The van der Waals surface area contributed by atoms with E-state index >= 15 is 0 Å². The molecule has 0 saturated carbocycles. The Balaban J connectivity index is 2.21. The number of aromatic nitrogens is 2. The van der Waals surface area contributed by atoms with Gasteiger partial charge in [0.2, 0.25) is 5.13 Å². The maximum Gasteiger partial charge on any atom is 0.205 e. The van der Waals surface area contributed by atoms with E-state index in [1.165, 1.54) is 11.5 Å². The van der Waals surface area contributed by atoms with Gasteiger partial charge in [-0.1, -0.05) is 20.8 Å². The lowest BCUT2D eigenvalue weighted by molar-refractivity contribution is -0.109. The first-order valence-corrected chi connectivity index (χ1v) is 6.86. The van der Waals surface area contributed by atoms with E-state index in [1.807, 2.05) is 0 Å². The van der Waals surface area contributed by atoms with Crippen LogP contribution in [0.1, 0.15) is 45.9 Å². The fourth-order valence-corrected chi connectivity index (χ4v) is 2.91. The first-order valence-electron chi connectivity index (χ1n) is 6.08. The third kappa shape index (κ3) is 2.65. The number of carbonyl (C=O) groups excluding carboxylic acids is 1. The van der Waals surface area contributed by atoms with Crippen molar-refractivity contribution in [2.45, 2.75) is 51.5 Å². The summed E-state index contributed by atoms with van der Waals surface area (Å²) in [5.41, 5.74) is -0.0266. The Labute approximate surface area is 106 Å². The number of nitrogens with zero attached hydrogens (tertiary/aromatic N) is 3. The third-order valence-corrected chi connectivity index (χ3v) is 3.79. The summed E-state index contributed by atoms with van der Waals surface area (Å²) in [7, 11) is 0. The second-order valence-corrected chi connectivity index (χ2v) is 6.27. The molecule has 1 fully saturated rings. The molecule has 1 aromatic heterocycles. The van der Waals surface area contributed by atoms with Crippen LogP contribution in [-0.4, -0.2) is 28.2 Å². The first kappa shape index (κ1) is 12.5. The van der Waals surface area contributed by atoms with Crippen molar-refractivity contribution >= 4 is 23.0 Å². The minimum absolute atomic E-state index is 0.00971. The number of anilines is 1. The summed E-state index contributed by atoms with van der Waals surface area (Å²) >= 11 is 1.41. The zero-order valence-corrected chi connectivity index (χ0v) is 11.5. The van der Waals surface area contributed by atoms with Gasteiger partial charge in [-0.15, -0.1) is 0 Å². The van der Waals surface area contributed by atoms with E-state index in [4.69, 9.17) is 0 Å². The molecule has 17 heavy (non-hydrogen) atoms. The normalized spacial score (nSPS) is 21.6. The lowest BCUT2D eigenvalue weighted by Crippen LogP contribution is -2.40. The summed E-state index contributed by atoms with van der Waals surface area (Å²) in [6.07, 6.45) is 4.24. The lowest BCUT2D eigenvalue weighted by Gasteiger charge is -2.31. The third-order valence-electron chi connectivity index (χ3n) is 3.04. The molecule has 1 saturated heterocycles. The molecule has 0 radical (unpaired) electrons. The highest BCUT2D eigenvalue weighted by Gasteiger charge is 2.27. The van der Waals surface area contributed by atoms with Crippen LogP contribution in [0.3, 0.4) is 0 Å². The Morgan fingerprint density at radius 1 is 1.41 bits per heavy atom. The quantitative estimate of drug-likeness (QED) is 0.759. The van der Waals surface area contributed by atoms with E-state index in [0.29, 0.717) is 0 Å². The fraction of sp³-hybridized carbons (Fsp3) is 0.750. The van der Waals surface area contributed by atoms with Gasteiger partial charge >= 0.3 is 0 Å². The lowest BCUT2D eigenvalue weighted by atomic mass is 9.96. The van der Waals surface area contributed by atoms with Crippen molar-refractivity contribution in [3.8, 4) is 0 Å². The van der Waals surface area contributed by atoms with Gasteiger partial charge in [-0.25, -0.2) is 4.98 Å². The van der Waals surface area contributed by atoms with Crippen molar-refractivity contribution < 1.29 is 4.79 Å². The zero-order valence-electron chi connectivity index (χ0n) is 10.6. The van der Waals surface area contributed by atoms with E-state index in [9.17, 15) is 4.79 Å². The number of hydrogen-bond donors (Lipinski definition) is 0. The second-order valence-electron chi connectivity index (χ2n) is 5.54. The highest BCUT2D eigenvalue weighted by atomic mass is 32.1. The Kier molecular flexibility index (Phi) is 3.47. The van der Waals surface area contributed by atoms with E-state index in [2.05, 4.69) is 35.0 Å². The monoisotopic (exact) mass is 253 g/mol. The van der Waals surface area contributed by atoms with Crippen LogP contribution in [-0.2, 0) is 10.2 Å². The van der Waals surface area contributed by atoms with E-state index < -0.39 is 0 Å². The van der Waals surface area contributed by atoms with Crippen LogP contribution in [0.5, 0.6) is 0 Å². The van der Waals surface area contributed by atoms with Crippen LogP contribution >= 0.6 is 11.5 Å². The fourth-order valence-electron chi connectivity index (χ4n) is 1.97. The topological polar surface area (TPSA) is 46.1 Å². The van der Waals surface area contributed by atoms with Crippen LogP contribution < -0.4 is 4.90 Å². The molecule has 2 rings (SSSR count). The van der Waals surface area contributed by atoms with Gasteiger partial charge in [-0.3, -0.25) is 0 Å². The van der Waals surface area contributed by atoms with Crippen molar-refractivity contribution in [1.29, 1.82) is 0 Å². The minimum Gasteiger partial charge on any atom is -0.337 e. The van der Waals surface area contributed by atoms with Gasteiger partial charge in [0, 0.05) is 23.5 Å². The molecular formula is C12H19N3OS. The maximum atomic E-state index is 11.1. The van der Waals surface area contributed by atoms with Gasteiger partial charge in [0.1, 0.15) is 12.1 Å². The van der Waals surface area contributed by atoms with Crippen molar-refractivity contribution in [1.82, 2.24) is 9.36 Å². The molecule has 1 aromatic rings. The molecule has 2 heterocycles. The van der Waals surface area contributed by atoms with Crippen LogP contribution in [0.15, 0.2) is 0 Å². The molecule has 1 unspecified atom stereocenters. The molecule has 1 atom stereocenters. The second kappa shape index (κ2) is 4.72. The first-order chi connectivity index (χ1) is 8.02.